The Labute approximate surface area is 354 Å². The van der Waals surface area contributed by atoms with Crippen LogP contribution in [0.5, 0.6) is 34.5 Å². The van der Waals surface area contributed by atoms with E-state index in [4.69, 9.17) is 33.2 Å². The van der Waals surface area contributed by atoms with Gasteiger partial charge < -0.3 is 33.2 Å². The Morgan fingerprint density at radius 1 is 0.361 bits per heavy atom. The van der Waals surface area contributed by atoms with Crippen molar-refractivity contribution in [2.24, 2.45) is 0 Å². The second kappa shape index (κ2) is 16.8. The lowest BCUT2D eigenvalue weighted by atomic mass is 9.92. The van der Waals surface area contributed by atoms with Gasteiger partial charge in [0.1, 0.15) is 60.9 Å². The summed E-state index contributed by atoms with van der Waals surface area (Å²) in [6.45, 7) is 1.83. The van der Waals surface area contributed by atoms with E-state index in [0.29, 0.717) is 49.4 Å². The molecule has 0 radical (unpaired) electrons. The first kappa shape index (κ1) is 38.0. The zero-order valence-corrected chi connectivity index (χ0v) is 34.1. The highest BCUT2D eigenvalue weighted by atomic mass is 16.5. The van der Waals surface area contributed by atoms with Crippen molar-refractivity contribution in [1.29, 1.82) is 0 Å². The summed E-state index contributed by atoms with van der Waals surface area (Å²) in [7, 11) is 3.36. The molecule has 9 aromatic rings. The van der Waals surface area contributed by atoms with Gasteiger partial charge in [-0.2, -0.15) is 0 Å². The first-order valence-electron chi connectivity index (χ1n) is 20.6. The normalized spacial score (nSPS) is 13.5. The molecule has 302 valence electrons. The van der Waals surface area contributed by atoms with Gasteiger partial charge in [-0.05, 0) is 79.5 Å². The topological polar surface area (TPSA) is 64.6 Å². The minimum atomic E-state index is 0.200. The molecule has 0 saturated heterocycles. The number of rotatable bonds is 2. The van der Waals surface area contributed by atoms with E-state index in [1.54, 1.807) is 14.2 Å². The van der Waals surface area contributed by atoms with Crippen molar-refractivity contribution >= 4 is 43.1 Å². The fourth-order valence-corrected chi connectivity index (χ4v) is 8.67. The second-order valence-corrected chi connectivity index (χ2v) is 15.0. The molecule has 7 heteroatoms. The summed E-state index contributed by atoms with van der Waals surface area (Å²) >= 11 is 0. The molecular formula is C54H44O7. The van der Waals surface area contributed by atoms with Gasteiger partial charge in [-0.15, -0.1) is 0 Å². The number of hydrogen-bond donors (Lipinski definition) is 0. The van der Waals surface area contributed by atoms with E-state index in [-0.39, 0.29) is 13.2 Å². The molecule has 2 bridgehead atoms. The zero-order valence-electron chi connectivity index (χ0n) is 34.1. The van der Waals surface area contributed by atoms with E-state index in [2.05, 4.69) is 121 Å². The summed E-state index contributed by atoms with van der Waals surface area (Å²) in [5.41, 5.74) is 5.44. The summed E-state index contributed by atoms with van der Waals surface area (Å²) in [6, 6.07) is 54.0. The van der Waals surface area contributed by atoms with Crippen molar-refractivity contribution in [2.75, 3.05) is 40.6 Å². The molecule has 0 aromatic heterocycles. The molecular weight excluding hydrogens is 761 g/mol. The first-order valence-corrected chi connectivity index (χ1v) is 20.6. The van der Waals surface area contributed by atoms with Crippen LogP contribution in [0.3, 0.4) is 0 Å². The van der Waals surface area contributed by atoms with Gasteiger partial charge in [-0.1, -0.05) is 121 Å². The number of hydrogen-bond acceptors (Lipinski definition) is 7. The summed E-state index contributed by atoms with van der Waals surface area (Å²) < 4.78 is 45.3. The third kappa shape index (κ3) is 7.27. The summed E-state index contributed by atoms with van der Waals surface area (Å²) in [6.07, 6.45) is 0. The Morgan fingerprint density at radius 3 is 1.05 bits per heavy atom. The lowest BCUT2D eigenvalue weighted by Crippen LogP contribution is -2.13. The Morgan fingerprint density at radius 2 is 0.705 bits per heavy atom. The molecule has 0 saturated carbocycles. The average molecular weight is 805 g/mol. The Balaban J connectivity index is 1.13. The third-order valence-electron chi connectivity index (χ3n) is 11.5. The smallest absolute Gasteiger partial charge is 0.132 e. The molecule has 0 fully saturated rings. The van der Waals surface area contributed by atoms with Crippen molar-refractivity contribution in [3.63, 3.8) is 0 Å². The largest absolute Gasteiger partial charge is 0.497 e. The highest BCUT2D eigenvalue weighted by molar-refractivity contribution is 6.11. The van der Waals surface area contributed by atoms with Crippen LogP contribution in [0.1, 0.15) is 11.1 Å². The lowest BCUT2D eigenvalue weighted by molar-refractivity contribution is 0.0767. The predicted molar refractivity (Wildman–Crippen MR) is 244 cm³/mol. The number of ether oxygens (including phenoxy) is 7. The molecule has 1 aliphatic rings. The maximum Gasteiger partial charge on any atom is 0.132 e. The maximum absolute atomic E-state index is 6.91. The van der Waals surface area contributed by atoms with Gasteiger partial charge in [0.25, 0.3) is 0 Å². The molecule has 0 aliphatic carbocycles. The van der Waals surface area contributed by atoms with Crippen LogP contribution in [0.15, 0.2) is 158 Å². The molecule has 1 heterocycles. The van der Waals surface area contributed by atoms with Crippen LogP contribution in [0, 0.1) is 0 Å². The highest BCUT2D eigenvalue weighted by Gasteiger charge is 2.23. The Hall–Kier alpha value is -7.22. The first-order chi connectivity index (χ1) is 30.2. The van der Waals surface area contributed by atoms with Gasteiger partial charge in [-0.3, -0.25) is 0 Å². The van der Waals surface area contributed by atoms with Crippen LogP contribution in [-0.2, 0) is 18.0 Å². The molecule has 0 unspecified atom stereocenters. The zero-order chi connectivity index (χ0) is 41.1. The lowest BCUT2D eigenvalue weighted by Gasteiger charge is -2.22. The fourth-order valence-electron chi connectivity index (χ4n) is 8.67. The summed E-state index contributed by atoms with van der Waals surface area (Å²) in [5, 5.41) is 8.60. The highest BCUT2D eigenvalue weighted by Crippen LogP contribution is 2.48. The van der Waals surface area contributed by atoms with Crippen LogP contribution in [0.2, 0.25) is 0 Å². The molecule has 7 nitrogen and oxygen atoms in total. The van der Waals surface area contributed by atoms with Crippen LogP contribution in [0.25, 0.3) is 65.3 Å². The van der Waals surface area contributed by atoms with Crippen LogP contribution < -0.4 is 28.4 Å². The van der Waals surface area contributed by atoms with Crippen molar-refractivity contribution < 1.29 is 33.2 Å². The van der Waals surface area contributed by atoms with Crippen molar-refractivity contribution in [3.8, 4) is 56.8 Å². The second-order valence-electron chi connectivity index (χ2n) is 15.0. The average Bonchev–Trinajstić information content (AvgIpc) is 3.31. The number of benzene rings is 9. The number of fused-ring (bicyclic) bond motifs is 16. The van der Waals surface area contributed by atoms with Gasteiger partial charge in [0, 0.05) is 33.4 Å². The van der Waals surface area contributed by atoms with Crippen molar-refractivity contribution in [1.82, 2.24) is 0 Å². The van der Waals surface area contributed by atoms with Crippen LogP contribution in [0.4, 0.5) is 0 Å². The molecule has 61 heavy (non-hydrogen) atoms. The van der Waals surface area contributed by atoms with Gasteiger partial charge in [0.2, 0.25) is 0 Å². The Kier molecular flexibility index (Phi) is 10.5. The fraction of sp³-hybridized carbons (Fsp3) is 0.148. The molecule has 1 aliphatic heterocycles. The molecule has 0 amide bonds. The SMILES string of the molecule is COc1cc2c(OC)c(c1)COc1ccc3ccccc3c1-c1c(ccc3ccccc13)OCCOCCOc1ccc3ccccc3c1-c1c(ccc3ccccc13)OC2. The third-order valence-corrected chi connectivity index (χ3v) is 11.5. The number of methoxy groups -OCH3 is 2. The maximum atomic E-state index is 6.91. The van der Waals surface area contributed by atoms with E-state index >= 15 is 0 Å². The van der Waals surface area contributed by atoms with Gasteiger partial charge in [-0.25, -0.2) is 0 Å². The summed E-state index contributed by atoms with van der Waals surface area (Å²) in [4.78, 5) is 0. The van der Waals surface area contributed by atoms with Gasteiger partial charge >= 0.3 is 0 Å². The van der Waals surface area contributed by atoms with E-state index in [0.717, 1.165) is 88.0 Å². The van der Waals surface area contributed by atoms with Gasteiger partial charge in [0.15, 0.2) is 0 Å². The predicted octanol–water partition coefficient (Wildman–Crippen LogP) is 12.6. The molecule has 10 rings (SSSR count). The molecule has 0 N–H and O–H groups in total. The summed E-state index contributed by atoms with van der Waals surface area (Å²) in [5.74, 6) is 4.24. The van der Waals surface area contributed by atoms with Crippen LogP contribution >= 0.6 is 0 Å². The Bertz CT molecular complexity index is 2860. The molecule has 0 atom stereocenters. The van der Waals surface area contributed by atoms with E-state index in [1.807, 2.05) is 36.4 Å². The van der Waals surface area contributed by atoms with Crippen LogP contribution in [-0.4, -0.2) is 40.6 Å². The van der Waals surface area contributed by atoms with E-state index in [9.17, 15) is 0 Å². The van der Waals surface area contributed by atoms with E-state index < -0.39 is 0 Å². The van der Waals surface area contributed by atoms with Gasteiger partial charge in [0.05, 0.1) is 27.4 Å². The standard InChI is InChI=1S/C54H44O7/c1-55-41-31-39-33-60-48-25-21-37-13-5-9-17-44(37)52(48)50-42-15-7-3-11-35(42)19-23-46(50)58-29-27-57-28-30-59-47-24-20-36-12-4-8-16-43(36)51(47)53-45-18-10-6-14-38(45)22-26-49(53)61-34-40(32-41)54(39)56-2/h3-26,31-32H,27-30,33-34H2,1-2H3. The van der Waals surface area contributed by atoms with Crippen molar-refractivity contribution in [2.45, 2.75) is 13.2 Å². The quantitative estimate of drug-likeness (QED) is 0.172. The van der Waals surface area contributed by atoms with Crippen molar-refractivity contribution in [3.05, 3.63) is 169 Å². The minimum absolute atomic E-state index is 0.200. The van der Waals surface area contributed by atoms with E-state index in [1.165, 1.54) is 0 Å². The molecule has 0 spiro atoms. The minimum Gasteiger partial charge on any atom is -0.497 e. The monoisotopic (exact) mass is 804 g/mol. The molecule has 9 aromatic carbocycles.